The van der Waals surface area contributed by atoms with Crippen LogP contribution in [0, 0.1) is 0 Å². The molecule has 27 rings (SSSR count). The SMILES string of the molecule is Clc1cc2c(cc1Cl)-c1nc-2nc2[n-]c(nc3nc(nc4[n-]c(n1)c1cc(Cl)c(Cl)cc41)-c1cc(Cl)c(Cl)cc1-3)c1cc(Cl)c(Cl)cc21.Clc1cc2c3nc4nc(nc5[n-]c(nc6nc(nc([n-]3)c2cc1Cl)-c1c(Cl)ccc(Cl)c1-6)c1cc(Cl)c(Cl)cc51)-c1c(Cl)ccc(Cl)c1-4.Clc1ccc(Cl)c2c1-c1nc-2nc2[n-]c(nc3nc(nc4[n-]c(n1)c1c(Cl)ccc(Cl)c41)-c1c(Cl)ccc(Cl)c1-3)c1c(Cl)ccc(Cl)c21.[Ag].[Ag].[Ag]. The molecular weight excluding hydrogens is 2660 g/mol. The van der Waals surface area contributed by atoms with Gasteiger partial charge in [0, 0.05) is 243 Å². The summed E-state index contributed by atoms with van der Waals surface area (Å²) < 4.78 is 0. The fraction of sp³-hybridized carbons (Fsp3) is 0. The molecule has 6 aliphatic rings. The standard InChI is InChI=1S/3C32H8Cl8N8.3Ag/c33-17-1-9-10(2-18(17)34)26-41-25(9)45-27-11-3-19(35)20(36)4-12(11)29(42-27)47-31-15-7-23(39)24(40)8-16(15)32(44-31)48-30-14-6-22(38)21(37)5-13(14)28(43-30)46-26;33-13-1-2-14(34)22-21(13)29-43-25-9-5-17(37)18(38)6-10(9)27(41-25)45-31-23-15(35)3-4-16(36)24(23)32(48-31)46-28-12-8-20(40)19(39)7-11(12)26(42-28)44-30(22)47-29;33-9-1-2-10(34)18-17(9)25-41-26(18)46-28-21-13(37)5-6-14(38)22(21)30(43-28)48-32-24-16(40)8-7-15(39)23(24)31(44-32)47-29-20-12(36)4-3-11(35)19(20)27(42-29)45-25;;;/h3*1-8H;;;/q3*-2;;;. The van der Waals surface area contributed by atoms with Crippen molar-refractivity contribution in [1.82, 2.24) is 120 Å². The molecule has 0 N–H and O–H groups in total. The first-order valence-electron chi connectivity index (χ1n) is 41.2. The van der Waals surface area contributed by atoms with E-state index in [-0.39, 0.29) is 205 Å². The van der Waals surface area contributed by atoms with E-state index in [0.29, 0.717) is 252 Å². The normalized spacial score (nSPS) is 11.9. The van der Waals surface area contributed by atoms with Crippen LogP contribution in [0.1, 0.15) is 0 Å². The van der Waals surface area contributed by atoms with Crippen LogP contribution in [0.3, 0.4) is 0 Å². The summed E-state index contributed by atoms with van der Waals surface area (Å²) in [5.74, 6) is 2.59. The Hall–Kier alpha value is -8.10. The van der Waals surface area contributed by atoms with Gasteiger partial charge in [-0.2, -0.15) is 0 Å². The summed E-state index contributed by atoms with van der Waals surface area (Å²) in [7, 11) is 0. The van der Waals surface area contributed by atoms with E-state index in [4.69, 9.17) is 398 Å². The molecule has 0 saturated carbocycles. The maximum Gasteiger partial charge on any atom is 0.0943 e. The molecular formula is C96H24Ag3Cl24N24-6. The van der Waals surface area contributed by atoms with Crippen molar-refractivity contribution in [3.05, 3.63) is 266 Å². The van der Waals surface area contributed by atoms with Gasteiger partial charge in [-0.3, -0.25) is 0 Å². The molecule has 0 unspecified atom stereocenters. The van der Waals surface area contributed by atoms with E-state index < -0.39 is 0 Å². The van der Waals surface area contributed by atoms with Crippen LogP contribution in [-0.4, -0.2) is 89.7 Å². The molecule has 0 fully saturated rings. The second-order valence-corrected chi connectivity index (χ2v) is 41.8. The Morgan fingerprint density at radius 3 is 0.395 bits per heavy atom. The van der Waals surface area contributed by atoms with Crippen LogP contribution < -0.4 is 29.9 Å². The third kappa shape index (κ3) is 17.5. The number of nitrogens with zero attached hydrogens (tertiary/aromatic N) is 24. The fourth-order valence-electron chi connectivity index (χ4n) is 17.2. The molecule has 735 valence electrons. The topological polar surface area (TPSA) is 317 Å². The largest absolute Gasteiger partial charge is 0.357 e. The Morgan fingerprint density at radius 2 is 0.238 bits per heavy atom. The molecule has 147 heavy (non-hydrogen) atoms. The summed E-state index contributed by atoms with van der Waals surface area (Å²) >= 11 is 159. The van der Waals surface area contributed by atoms with Crippen molar-refractivity contribution in [2.75, 3.05) is 0 Å². The Morgan fingerprint density at radius 1 is 0.122 bits per heavy atom. The summed E-state index contributed by atoms with van der Waals surface area (Å²) in [6, 6.07) is 39.7. The molecule has 12 aromatic carbocycles. The summed E-state index contributed by atoms with van der Waals surface area (Å²) in [4.78, 5) is 115. The van der Waals surface area contributed by atoms with Gasteiger partial charge in [-0.15, -0.1) is 0 Å². The molecule has 0 aliphatic carbocycles. The van der Waals surface area contributed by atoms with Crippen molar-refractivity contribution < 1.29 is 67.1 Å². The van der Waals surface area contributed by atoms with Crippen molar-refractivity contribution in [1.29, 1.82) is 0 Å². The minimum atomic E-state index is 0. The molecule has 0 amide bonds. The van der Waals surface area contributed by atoms with E-state index in [2.05, 4.69) is 0 Å². The summed E-state index contributed by atoms with van der Waals surface area (Å²) in [6.07, 6.45) is 0. The first-order valence-corrected chi connectivity index (χ1v) is 50.2. The average molecular weight is 2690 g/mol. The first kappa shape index (κ1) is 103. The predicted octanol–water partition coefficient (Wildman–Crippen LogP) is 34.1. The zero-order valence-electron chi connectivity index (χ0n) is 70.6. The van der Waals surface area contributed by atoms with Gasteiger partial charge in [-0.1, -0.05) is 278 Å². The van der Waals surface area contributed by atoms with E-state index >= 15 is 0 Å². The van der Waals surface area contributed by atoms with Crippen LogP contribution in [0.15, 0.2) is 146 Å². The molecule has 15 heterocycles. The number of halogens is 24. The number of hydrogen-bond donors (Lipinski definition) is 0. The van der Waals surface area contributed by atoms with E-state index in [0.717, 1.165) is 0 Å². The van der Waals surface area contributed by atoms with Gasteiger partial charge < -0.3 is 89.7 Å². The van der Waals surface area contributed by atoms with Crippen LogP contribution in [0.4, 0.5) is 0 Å². The number of fused-ring (bicyclic) bond motifs is 60. The molecule has 6 aliphatic heterocycles. The van der Waals surface area contributed by atoms with Crippen molar-refractivity contribution in [2.45, 2.75) is 0 Å². The second-order valence-electron chi connectivity index (χ2n) is 32.0. The van der Waals surface area contributed by atoms with Gasteiger partial charge in [-0.05, 0) is 189 Å². The Balaban J connectivity index is 0.000000124. The van der Waals surface area contributed by atoms with Gasteiger partial charge in [0.1, 0.15) is 0 Å². The molecule has 24 nitrogen and oxygen atoms in total. The van der Waals surface area contributed by atoms with Crippen LogP contribution in [0.2, 0.25) is 121 Å². The molecule has 0 atom stereocenters. The molecule has 9 aromatic heterocycles. The Labute approximate surface area is 988 Å². The zero-order valence-corrected chi connectivity index (χ0v) is 93.2. The molecule has 24 bridgehead atoms. The fourth-order valence-corrected chi connectivity index (χ4v) is 22.1. The molecule has 21 aromatic rings. The molecule has 3 radical (unpaired) electrons. The van der Waals surface area contributed by atoms with Gasteiger partial charge in [0.25, 0.3) is 0 Å². The summed E-state index contributed by atoms with van der Waals surface area (Å²) in [5.41, 5.74) is 8.56. The maximum absolute atomic E-state index is 6.74. The van der Waals surface area contributed by atoms with Gasteiger partial charge in [0.05, 0.1) is 170 Å². The van der Waals surface area contributed by atoms with Crippen LogP contribution >= 0.6 is 278 Å². The second kappa shape index (κ2) is 39.5. The quantitative estimate of drug-likeness (QED) is 0.127. The molecule has 0 saturated heterocycles. The number of hydrogen-bond acceptors (Lipinski definition) is 18. The van der Waals surface area contributed by atoms with Crippen molar-refractivity contribution >= 4 is 411 Å². The summed E-state index contributed by atoms with van der Waals surface area (Å²) in [6.45, 7) is 0. The Bertz CT molecular complexity index is 9110. The Kier molecular flexibility index (Phi) is 27.7. The molecule has 51 heteroatoms. The maximum atomic E-state index is 6.74. The van der Waals surface area contributed by atoms with Crippen LogP contribution in [0.25, 0.3) is 269 Å². The minimum absolute atomic E-state index is 0. The van der Waals surface area contributed by atoms with Crippen LogP contribution in [0.5, 0.6) is 0 Å². The zero-order chi connectivity index (χ0) is 99.5. The minimum Gasteiger partial charge on any atom is -0.357 e. The number of aromatic nitrogens is 24. The van der Waals surface area contributed by atoms with Gasteiger partial charge in [-0.25, -0.2) is 29.9 Å². The smallest absolute Gasteiger partial charge is 0.0943 e. The van der Waals surface area contributed by atoms with Crippen LogP contribution in [-0.2, 0) is 67.1 Å². The predicted molar refractivity (Wildman–Crippen MR) is 582 cm³/mol. The third-order valence-electron chi connectivity index (χ3n) is 23.6. The van der Waals surface area contributed by atoms with Crippen molar-refractivity contribution in [2.24, 2.45) is 0 Å². The third-order valence-corrected chi connectivity index (χ3v) is 31.8. The van der Waals surface area contributed by atoms with Gasteiger partial charge in [0.2, 0.25) is 0 Å². The van der Waals surface area contributed by atoms with Gasteiger partial charge in [0.15, 0.2) is 0 Å². The van der Waals surface area contributed by atoms with E-state index in [1.807, 2.05) is 0 Å². The van der Waals surface area contributed by atoms with E-state index in [1.165, 1.54) is 0 Å². The first-order chi connectivity index (χ1) is 69.1. The number of rotatable bonds is 0. The van der Waals surface area contributed by atoms with Crippen molar-refractivity contribution in [3.63, 3.8) is 0 Å². The summed E-state index contributed by atoms with van der Waals surface area (Å²) in [5, 5.41) is 13.8. The van der Waals surface area contributed by atoms with E-state index in [1.54, 1.807) is 146 Å². The van der Waals surface area contributed by atoms with E-state index in [9.17, 15) is 0 Å². The molecule has 0 spiro atoms. The monoisotopic (exact) mass is 2670 g/mol. The van der Waals surface area contributed by atoms with Crippen molar-refractivity contribution in [3.8, 4) is 137 Å². The van der Waals surface area contributed by atoms with Gasteiger partial charge >= 0.3 is 0 Å². The average Bonchev–Trinajstić information content (AvgIpc) is 1.64. The number of benzene rings is 12.